The standard InChI is InChI=1S/C16H26N6O/c1-13(5-8-23-4)21(3)15-9-14(19-12-20-15)11-22-7-6-18-10-16(22)17-2/h9-10,12-13H,5-8,11H2,1-4H3/b17-16-. The molecule has 0 saturated carbocycles. The van der Waals surface area contributed by atoms with Crippen LogP contribution in [-0.4, -0.2) is 73.9 Å². The van der Waals surface area contributed by atoms with Crippen molar-refractivity contribution in [3.8, 4) is 0 Å². The minimum Gasteiger partial charge on any atom is -0.385 e. The number of hydrogen-bond donors (Lipinski definition) is 0. The minimum atomic E-state index is 0.354. The summed E-state index contributed by atoms with van der Waals surface area (Å²) in [5.74, 6) is 1.83. The van der Waals surface area contributed by atoms with E-state index < -0.39 is 0 Å². The summed E-state index contributed by atoms with van der Waals surface area (Å²) >= 11 is 0. The van der Waals surface area contributed by atoms with Crippen LogP contribution in [0, 0.1) is 0 Å². The van der Waals surface area contributed by atoms with Crippen LogP contribution in [0.1, 0.15) is 19.0 Å². The highest BCUT2D eigenvalue weighted by molar-refractivity contribution is 6.29. The molecule has 0 radical (unpaired) electrons. The van der Waals surface area contributed by atoms with E-state index in [0.717, 1.165) is 43.5 Å². The van der Waals surface area contributed by atoms with Crippen molar-refractivity contribution in [2.45, 2.75) is 25.9 Å². The third-order valence-electron chi connectivity index (χ3n) is 4.08. The van der Waals surface area contributed by atoms with E-state index in [9.17, 15) is 0 Å². The highest BCUT2D eigenvalue weighted by Crippen LogP contribution is 2.15. The van der Waals surface area contributed by atoms with E-state index in [0.29, 0.717) is 12.6 Å². The lowest BCUT2D eigenvalue weighted by atomic mass is 10.2. The second kappa shape index (κ2) is 8.57. The van der Waals surface area contributed by atoms with Crippen LogP contribution < -0.4 is 4.90 Å². The number of methoxy groups -OCH3 is 1. The Balaban J connectivity index is 2.06. The molecule has 1 aromatic heterocycles. The SMILES string of the molecule is C/N=C1/C=NCCN1Cc1cc(N(C)C(C)CCOC)ncn1. The van der Waals surface area contributed by atoms with Gasteiger partial charge in [0.2, 0.25) is 0 Å². The van der Waals surface area contributed by atoms with Gasteiger partial charge in [0, 0.05) is 46.5 Å². The monoisotopic (exact) mass is 318 g/mol. The minimum absolute atomic E-state index is 0.354. The number of anilines is 1. The van der Waals surface area contributed by atoms with Gasteiger partial charge in [0.05, 0.1) is 25.0 Å². The zero-order valence-electron chi connectivity index (χ0n) is 14.4. The normalized spacial score (nSPS) is 17.6. The van der Waals surface area contributed by atoms with Gasteiger partial charge in [-0.2, -0.15) is 0 Å². The van der Waals surface area contributed by atoms with Crippen molar-refractivity contribution >= 4 is 17.9 Å². The molecule has 1 atom stereocenters. The lowest BCUT2D eigenvalue weighted by Gasteiger charge is -2.28. The first-order chi connectivity index (χ1) is 11.2. The molecule has 0 spiro atoms. The summed E-state index contributed by atoms with van der Waals surface area (Å²) in [5, 5.41) is 0. The van der Waals surface area contributed by atoms with Crippen molar-refractivity contribution in [1.82, 2.24) is 14.9 Å². The number of hydrogen-bond acceptors (Lipinski definition) is 6. The Morgan fingerprint density at radius 1 is 1.43 bits per heavy atom. The Kier molecular flexibility index (Phi) is 6.46. The van der Waals surface area contributed by atoms with Crippen LogP contribution >= 0.6 is 0 Å². The summed E-state index contributed by atoms with van der Waals surface area (Å²) in [4.78, 5) is 21.7. The third-order valence-corrected chi connectivity index (χ3v) is 4.08. The van der Waals surface area contributed by atoms with E-state index in [2.05, 4.69) is 43.7 Å². The third kappa shape index (κ3) is 4.72. The number of nitrogens with zero attached hydrogens (tertiary/aromatic N) is 6. The molecule has 0 saturated heterocycles. The number of amidine groups is 1. The molecule has 1 aliphatic rings. The predicted octanol–water partition coefficient (Wildman–Crippen LogP) is 1.25. The quantitative estimate of drug-likeness (QED) is 0.757. The summed E-state index contributed by atoms with van der Waals surface area (Å²) in [6, 6.07) is 2.40. The van der Waals surface area contributed by atoms with E-state index in [1.54, 1.807) is 20.5 Å². The van der Waals surface area contributed by atoms with Crippen LogP contribution in [0.15, 0.2) is 22.4 Å². The van der Waals surface area contributed by atoms with Gasteiger partial charge in [-0.3, -0.25) is 9.98 Å². The van der Waals surface area contributed by atoms with Gasteiger partial charge >= 0.3 is 0 Å². The maximum Gasteiger partial charge on any atom is 0.141 e. The van der Waals surface area contributed by atoms with E-state index in [1.807, 2.05) is 12.3 Å². The van der Waals surface area contributed by atoms with E-state index in [1.165, 1.54) is 0 Å². The van der Waals surface area contributed by atoms with Crippen molar-refractivity contribution in [1.29, 1.82) is 0 Å². The smallest absolute Gasteiger partial charge is 0.141 e. The van der Waals surface area contributed by atoms with E-state index in [4.69, 9.17) is 4.74 Å². The molecule has 0 amide bonds. The molecule has 0 aliphatic carbocycles. The van der Waals surface area contributed by atoms with Gasteiger partial charge < -0.3 is 14.5 Å². The first-order valence-electron chi connectivity index (χ1n) is 7.90. The Labute approximate surface area is 138 Å². The summed E-state index contributed by atoms with van der Waals surface area (Å²) in [6.07, 6.45) is 4.41. The molecule has 0 aromatic carbocycles. The van der Waals surface area contributed by atoms with Crippen LogP contribution in [0.3, 0.4) is 0 Å². The topological polar surface area (TPSA) is 66.2 Å². The summed E-state index contributed by atoms with van der Waals surface area (Å²) in [7, 11) is 5.57. The van der Waals surface area contributed by atoms with Crippen molar-refractivity contribution in [3.63, 3.8) is 0 Å². The van der Waals surface area contributed by atoms with Gasteiger partial charge in [-0.25, -0.2) is 9.97 Å². The molecular formula is C16H26N6O. The predicted molar refractivity (Wildman–Crippen MR) is 93.5 cm³/mol. The van der Waals surface area contributed by atoms with Crippen LogP contribution in [0.2, 0.25) is 0 Å². The molecule has 23 heavy (non-hydrogen) atoms. The lowest BCUT2D eigenvalue weighted by Crippen LogP contribution is -2.37. The maximum atomic E-state index is 5.16. The molecule has 2 heterocycles. The number of aliphatic imine (C=N–C) groups is 2. The Morgan fingerprint density at radius 3 is 3.00 bits per heavy atom. The molecule has 0 N–H and O–H groups in total. The highest BCUT2D eigenvalue weighted by atomic mass is 16.5. The molecule has 1 aliphatic heterocycles. The lowest BCUT2D eigenvalue weighted by molar-refractivity contribution is 0.189. The fraction of sp³-hybridized carbons (Fsp3) is 0.625. The fourth-order valence-electron chi connectivity index (χ4n) is 2.45. The molecule has 7 heteroatoms. The van der Waals surface area contributed by atoms with Gasteiger partial charge in [0.25, 0.3) is 0 Å². The van der Waals surface area contributed by atoms with Gasteiger partial charge in [0.15, 0.2) is 0 Å². The largest absolute Gasteiger partial charge is 0.385 e. The molecule has 7 nitrogen and oxygen atoms in total. The van der Waals surface area contributed by atoms with Crippen molar-refractivity contribution < 1.29 is 4.74 Å². The van der Waals surface area contributed by atoms with Crippen molar-refractivity contribution in [2.24, 2.45) is 9.98 Å². The molecule has 0 bridgehead atoms. The van der Waals surface area contributed by atoms with Crippen LogP contribution in [0.4, 0.5) is 5.82 Å². The number of ether oxygens (including phenoxy) is 1. The maximum absolute atomic E-state index is 5.16. The fourth-order valence-corrected chi connectivity index (χ4v) is 2.45. The average Bonchev–Trinajstić information content (AvgIpc) is 2.59. The van der Waals surface area contributed by atoms with Gasteiger partial charge in [-0.15, -0.1) is 0 Å². The van der Waals surface area contributed by atoms with E-state index in [-0.39, 0.29) is 0 Å². The first kappa shape index (κ1) is 17.3. The molecule has 0 fully saturated rings. The Bertz CT molecular complexity index is 559. The Morgan fingerprint density at radius 2 is 2.26 bits per heavy atom. The number of rotatable bonds is 7. The Hall–Kier alpha value is -2.02. The van der Waals surface area contributed by atoms with E-state index >= 15 is 0 Å². The van der Waals surface area contributed by atoms with Crippen LogP contribution in [0.5, 0.6) is 0 Å². The van der Waals surface area contributed by atoms with Crippen molar-refractivity contribution in [2.75, 3.05) is 45.8 Å². The van der Waals surface area contributed by atoms with Gasteiger partial charge in [-0.05, 0) is 13.3 Å². The zero-order chi connectivity index (χ0) is 16.7. The second-order valence-electron chi connectivity index (χ2n) is 5.65. The highest BCUT2D eigenvalue weighted by Gasteiger charge is 2.16. The molecule has 1 unspecified atom stereocenters. The zero-order valence-corrected chi connectivity index (χ0v) is 14.4. The van der Waals surface area contributed by atoms with Crippen LogP contribution in [-0.2, 0) is 11.3 Å². The van der Waals surface area contributed by atoms with Gasteiger partial charge in [0.1, 0.15) is 18.0 Å². The number of aromatic nitrogens is 2. The van der Waals surface area contributed by atoms with Crippen molar-refractivity contribution in [3.05, 3.63) is 18.1 Å². The second-order valence-corrected chi connectivity index (χ2v) is 5.65. The average molecular weight is 318 g/mol. The molecule has 1 aromatic rings. The summed E-state index contributed by atoms with van der Waals surface area (Å²) in [5.41, 5.74) is 0.984. The summed E-state index contributed by atoms with van der Waals surface area (Å²) < 4.78 is 5.16. The van der Waals surface area contributed by atoms with Crippen LogP contribution in [0.25, 0.3) is 0 Å². The summed E-state index contributed by atoms with van der Waals surface area (Å²) in [6.45, 7) is 5.29. The molecule has 126 valence electrons. The van der Waals surface area contributed by atoms with Gasteiger partial charge in [-0.1, -0.05) is 0 Å². The molecular weight excluding hydrogens is 292 g/mol. The molecule has 2 rings (SSSR count). The first-order valence-corrected chi connectivity index (χ1v) is 7.90.